The van der Waals surface area contributed by atoms with E-state index >= 15 is 0 Å². The first kappa shape index (κ1) is 21.0. The summed E-state index contributed by atoms with van der Waals surface area (Å²) in [5.41, 5.74) is 0. The Kier molecular flexibility index (Phi) is 7.27. The lowest BCUT2D eigenvalue weighted by Crippen LogP contribution is -2.40. The molecule has 0 spiro atoms. The number of carbonyl (C=O) groups excluding carboxylic acids is 1. The van der Waals surface area contributed by atoms with Crippen LogP contribution in [0, 0.1) is 12.8 Å². The van der Waals surface area contributed by atoms with Gasteiger partial charge in [0.15, 0.2) is 5.76 Å². The number of likely N-dealkylation sites (tertiary alicyclic amines) is 1. The maximum Gasteiger partial charge on any atom is 0.289 e. The Bertz CT molecular complexity index is 664. The van der Waals surface area contributed by atoms with Crippen molar-refractivity contribution in [1.82, 2.24) is 14.5 Å². The van der Waals surface area contributed by atoms with Gasteiger partial charge in [0.05, 0.1) is 0 Å². The lowest BCUT2D eigenvalue weighted by Gasteiger charge is -2.31. The zero-order chi connectivity index (χ0) is 17.2. The summed E-state index contributed by atoms with van der Waals surface area (Å²) in [5.74, 6) is 0.672. The van der Waals surface area contributed by atoms with Gasteiger partial charge in [-0.05, 0) is 39.3 Å². The van der Waals surface area contributed by atoms with Crippen molar-refractivity contribution in [3.63, 3.8) is 0 Å². The van der Waals surface area contributed by atoms with Crippen LogP contribution in [0.25, 0.3) is 0 Å². The minimum absolute atomic E-state index is 0. The smallest absolute Gasteiger partial charge is 0.289 e. The zero-order valence-corrected chi connectivity index (χ0v) is 16.2. The highest BCUT2D eigenvalue weighted by molar-refractivity contribution is 7.89. The van der Waals surface area contributed by atoms with Crippen LogP contribution in [0.5, 0.6) is 0 Å². The third-order valence-corrected chi connectivity index (χ3v) is 6.16. The normalized spacial score (nSPS) is 16.3. The summed E-state index contributed by atoms with van der Waals surface area (Å²) in [7, 11) is 1.23. The summed E-state index contributed by atoms with van der Waals surface area (Å²) >= 11 is 0. The average Bonchev–Trinajstić information content (AvgIpc) is 2.90. The number of halogens is 1. The van der Waals surface area contributed by atoms with E-state index in [1.165, 1.54) is 20.2 Å². The predicted molar refractivity (Wildman–Crippen MR) is 94.1 cm³/mol. The molecule has 1 saturated heterocycles. The van der Waals surface area contributed by atoms with E-state index in [-0.39, 0.29) is 34.7 Å². The maximum atomic E-state index is 12.5. The number of furan rings is 1. The summed E-state index contributed by atoms with van der Waals surface area (Å²) in [5, 5.41) is 3.16. The van der Waals surface area contributed by atoms with E-state index < -0.39 is 10.0 Å². The first-order chi connectivity index (χ1) is 10.8. The van der Waals surface area contributed by atoms with Crippen LogP contribution < -0.4 is 5.32 Å². The van der Waals surface area contributed by atoms with Crippen LogP contribution in [0.3, 0.4) is 0 Å². The van der Waals surface area contributed by atoms with Crippen molar-refractivity contribution in [2.75, 3.05) is 40.8 Å². The molecule has 2 rings (SSSR count). The maximum absolute atomic E-state index is 12.5. The summed E-state index contributed by atoms with van der Waals surface area (Å²) in [6.45, 7) is 3.85. The molecular formula is C15H26ClN3O4S. The van der Waals surface area contributed by atoms with Gasteiger partial charge in [0.1, 0.15) is 10.7 Å². The van der Waals surface area contributed by atoms with Gasteiger partial charge in [-0.3, -0.25) is 4.79 Å². The van der Waals surface area contributed by atoms with Gasteiger partial charge in [-0.25, -0.2) is 12.7 Å². The van der Waals surface area contributed by atoms with Crippen molar-refractivity contribution in [2.45, 2.75) is 24.7 Å². The molecule has 2 heterocycles. The van der Waals surface area contributed by atoms with E-state index in [0.29, 0.717) is 19.0 Å². The predicted octanol–water partition coefficient (Wildman–Crippen LogP) is 1.33. The highest BCUT2D eigenvalue weighted by Gasteiger charge is 2.29. The quantitative estimate of drug-likeness (QED) is 0.834. The summed E-state index contributed by atoms with van der Waals surface area (Å²) < 4.78 is 31.0. The minimum atomic E-state index is -3.61. The molecule has 1 amide bonds. The molecule has 7 nitrogen and oxygen atoms in total. The molecule has 1 aromatic heterocycles. The van der Waals surface area contributed by atoms with Gasteiger partial charge < -0.3 is 14.6 Å². The van der Waals surface area contributed by atoms with Gasteiger partial charge >= 0.3 is 0 Å². The molecule has 1 aliphatic heterocycles. The lowest BCUT2D eigenvalue weighted by molar-refractivity contribution is 0.0657. The van der Waals surface area contributed by atoms with Gasteiger partial charge in [0.2, 0.25) is 10.0 Å². The molecule has 0 saturated carbocycles. The van der Waals surface area contributed by atoms with E-state index in [4.69, 9.17) is 4.42 Å². The number of carbonyl (C=O) groups is 1. The second-order valence-corrected chi connectivity index (χ2v) is 8.23. The van der Waals surface area contributed by atoms with Crippen molar-refractivity contribution in [3.8, 4) is 0 Å². The van der Waals surface area contributed by atoms with Crippen molar-refractivity contribution >= 4 is 28.3 Å². The largest absolute Gasteiger partial charge is 0.455 e. The molecule has 0 bridgehead atoms. The van der Waals surface area contributed by atoms with Crippen LogP contribution in [-0.4, -0.2) is 64.3 Å². The number of piperidine rings is 1. The Hall–Kier alpha value is -1.09. The molecule has 24 heavy (non-hydrogen) atoms. The lowest BCUT2D eigenvalue weighted by atomic mass is 9.97. The molecular weight excluding hydrogens is 354 g/mol. The highest BCUT2D eigenvalue weighted by atomic mass is 35.5. The molecule has 1 fully saturated rings. The Morgan fingerprint density at radius 3 is 2.46 bits per heavy atom. The van der Waals surface area contributed by atoms with Crippen LogP contribution >= 0.6 is 12.4 Å². The van der Waals surface area contributed by atoms with Crippen LogP contribution in [0.1, 0.15) is 29.2 Å². The molecule has 1 aliphatic rings. The molecule has 1 aromatic rings. The minimum Gasteiger partial charge on any atom is -0.455 e. The number of nitrogens with zero attached hydrogens (tertiary/aromatic N) is 2. The second-order valence-electron chi connectivity index (χ2n) is 6.11. The van der Waals surface area contributed by atoms with Crippen molar-refractivity contribution in [2.24, 2.45) is 5.92 Å². The number of rotatable bonds is 5. The van der Waals surface area contributed by atoms with Crippen LogP contribution in [0.4, 0.5) is 0 Å². The summed E-state index contributed by atoms with van der Waals surface area (Å²) in [6, 6.07) is 1.34. The molecule has 0 unspecified atom stereocenters. The van der Waals surface area contributed by atoms with Crippen LogP contribution in [0.15, 0.2) is 15.4 Å². The number of hydrogen-bond donors (Lipinski definition) is 1. The van der Waals surface area contributed by atoms with Gasteiger partial charge in [-0.15, -0.1) is 12.4 Å². The monoisotopic (exact) mass is 379 g/mol. The number of amides is 1. The molecule has 138 valence electrons. The standard InChI is InChI=1S/C15H25N3O4S.ClH/c1-11-14(23(20,21)17(3)4)9-13(22-11)15(19)18-7-5-12(6-8-18)10-16-2;/h9,12,16H,5-8,10H2,1-4H3;1H. The van der Waals surface area contributed by atoms with Crippen molar-refractivity contribution in [1.29, 1.82) is 0 Å². The van der Waals surface area contributed by atoms with Crippen LogP contribution in [-0.2, 0) is 10.0 Å². The van der Waals surface area contributed by atoms with Crippen molar-refractivity contribution < 1.29 is 17.6 Å². The van der Waals surface area contributed by atoms with Gasteiger partial charge in [0, 0.05) is 33.3 Å². The fraction of sp³-hybridized carbons (Fsp3) is 0.667. The third-order valence-electron chi connectivity index (χ3n) is 4.24. The fourth-order valence-corrected chi connectivity index (χ4v) is 3.86. The Morgan fingerprint density at radius 2 is 1.96 bits per heavy atom. The Balaban J connectivity index is 0.00000288. The Labute approximate surface area is 149 Å². The SMILES string of the molecule is CNCC1CCN(C(=O)c2cc(S(=O)(=O)N(C)C)c(C)o2)CC1.Cl. The first-order valence-electron chi connectivity index (χ1n) is 7.74. The number of aryl methyl sites for hydroxylation is 1. The number of nitrogens with one attached hydrogen (secondary N) is 1. The van der Waals surface area contributed by atoms with Gasteiger partial charge in [-0.1, -0.05) is 0 Å². The van der Waals surface area contributed by atoms with E-state index in [1.807, 2.05) is 7.05 Å². The molecule has 0 aliphatic carbocycles. The summed E-state index contributed by atoms with van der Waals surface area (Å²) in [4.78, 5) is 14.3. The van der Waals surface area contributed by atoms with E-state index in [2.05, 4.69) is 5.32 Å². The van der Waals surface area contributed by atoms with E-state index in [1.54, 1.807) is 11.8 Å². The Morgan fingerprint density at radius 1 is 1.38 bits per heavy atom. The molecule has 1 N–H and O–H groups in total. The third kappa shape index (κ3) is 4.30. The van der Waals surface area contributed by atoms with E-state index in [9.17, 15) is 13.2 Å². The topological polar surface area (TPSA) is 82.9 Å². The van der Waals surface area contributed by atoms with Crippen molar-refractivity contribution in [3.05, 3.63) is 17.6 Å². The molecule has 0 aromatic carbocycles. The highest BCUT2D eigenvalue weighted by Crippen LogP contribution is 2.25. The van der Waals surface area contributed by atoms with Crippen LogP contribution in [0.2, 0.25) is 0 Å². The van der Waals surface area contributed by atoms with E-state index in [0.717, 1.165) is 23.7 Å². The molecule has 0 atom stereocenters. The number of sulfonamides is 1. The average molecular weight is 380 g/mol. The first-order valence-corrected chi connectivity index (χ1v) is 9.18. The summed E-state index contributed by atoms with van der Waals surface area (Å²) in [6.07, 6.45) is 1.88. The van der Waals surface area contributed by atoms with Gasteiger partial charge in [0.25, 0.3) is 5.91 Å². The molecule has 9 heteroatoms. The fourth-order valence-electron chi connectivity index (χ4n) is 2.81. The second kappa shape index (κ2) is 8.33. The van der Waals surface area contributed by atoms with Gasteiger partial charge in [-0.2, -0.15) is 0 Å². The molecule has 0 radical (unpaired) electrons. The number of hydrogen-bond acceptors (Lipinski definition) is 5. The zero-order valence-electron chi connectivity index (χ0n) is 14.5.